The van der Waals surface area contributed by atoms with E-state index in [4.69, 9.17) is 4.74 Å². The zero-order valence-electron chi connectivity index (χ0n) is 10.2. The number of aromatic nitrogens is 2. The van der Waals surface area contributed by atoms with Gasteiger partial charge in [-0.05, 0) is 24.7 Å². The summed E-state index contributed by atoms with van der Waals surface area (Å²) >= 11 is 0. The first-order valence-electron chi connectivity index (χ1n) is 5.91. The van der Waals surface area contributed by atoms with E-state index in [0.29, 0.717) is 5.41 Å². The Labute approximate surface area is 97.0 Å². The lowest BCUT2D eigenvalue weighted by Crippen LogP contribution is -2.24. The highest BCUT2D eigenvalue weighted by Gasteiger charge is 2.41. The smallest absolute Gasteiger partial charge is 0.0534 e. The van der Waals surface area contributed by atoms with Gasteiger partial charge in [-0.3, -0.25) is 4.68 Å². The van der Waals surface area contributed by atoms with Crippen LogP contribution in [0.5, 0.6) is 0 Å². The Bertz CT molecular complexity index is 331. The van der Waals surface area contributed by atoms with Crippen LogP contribution in [0.25, 0.3) is 0 Å². The minimum Gasteiger partial charge on any atom is -0.385 e. The van der Waals surface area contributed by atoms with Crippen molar-refractivity contribution < 1.29 is 4.74 Å². The minimum atomic E-state index is 0.526. The van der Waals surface area contributed by atoms with Crippen molar-refractivity contribution in [2.24, 2.45) is 12.5 Å². The Morgan fingerprint density at radius 2 is 2.38 bits per heavy atom. The van der Waals surface area contributed by atoms with Crippen LogP contribution in [-0.4, -0.2) is 30.0 Å². The van der Waals surface area contributed by atoms with Crippen molar-refractivity contribution in [3.63, 3.8) is 0 Å². The summed E-state index contributed by atoms with van der Waals surface area (Å²) in [7, 11) is 3.73. The van der Waals surface area contributed by atoms with Gasteiger partial charge in [-0.2, -0.15) is 5.10 Å². The molecular weight excluding hydrogens is 202 g/mol. The second-order valence-electron chi connectivity index (χ2n) is 4.87. The van der Waals surface area contributed by atoms with Crippen LogP contribution in [0.2, 0.25) is 0 Å². The highest BCUT2D eigenvalue weighted by molar-refractivity contribution is 5.03. The lowest BCUT2D eigenvalue weighted by Gasteiger charge is -2.14. The molecule has 1 heterocycles. The molecule has 4 heteroatoms. The summed E-state index contributed by atoms with van der Waals surface area (Å²) in [5.74, 6) is 0. The van der Waals surface area contributed by atoms with Gasteiger partial charge >= 0.3 is 0 Å². The van der Waals surface area contributed by atoms with Gasteiger partial charge in [0.25, 0.3) is 0 Å². The van der Waals surface area contributed by atoms with Gasteiger partial charge in [0.15, 0.2) is 0 Å². The van der Waals surface area contributed by atoms with Crippen molar-refractivity contribution in [3.8, 4) is 0 Å². The van der Waals surface area contributed by atoms with Gasteiger partial charge in [0.05, 0.1) is 6.20 Å². The van der Waals surface area contributed by atoms with Crippen molar-refractivity contribution in [2.45, 2.75) is 25.8 Å². The van der Waals surface area contributed by atoms with Gasteiger partial charge in [0.1, 0.15) is 0 Å². The average molecular weight is 223 g/mol. The van der Waals surface area contributed by atoms with Crippen molar-refractivity contribution in [3.05, 3.63) is 18.0 Å². The maximum absolute atomic E-state index is 5.14. The van der Waals surface area contributed by atoms with Crippen LogP contribution in [0.4, 0.5) is 0 Å². The zero-order valence-corrected chi connectivity index (χ0v) is 10.2. The van der Waals surface area contributed by atoms with E-state index in [-0.39, 0.29) is 0 Å². The first kappa shape index (κ1) is 11.6. The third-order valence-electron chi connectivity index (χ3n) is 3.38. The van der Waals surface area contributed by atoms with E-state index in [1.165, 1.54) is 24.8 Å². The molecule has 1 fully saturated rings. The topological polar surface area (TPSA) is 39.1 Å². The van der Waals surface area contributed by atoms with E-state index in [2.05, 4.69) is 16.6 Å². The Morgan fingerprint density at radius 1 is 1.56 bits per heavy atom. The Hall–Kier alpha value is -0.870. The Balaban J connectivity index is 1.68. The molecule has 1 aliphatic rings. The predicted octanol–water partition coefficient (Wildman–Crippen LogP) is 1.33. The predicted molar refractivity (Wildman–Crippen MR) is 63.1 cm³/mol. The summed E-state index contributed by atoms with van der Waals surface area (Å²) in [6, 6.07) is 0. The normalized spacial score (nSPS) is 17.6. The quantitative estimate of drug-likeness (QED) is 0.758. The molecule has 0 aliphatic heterocycles. The molecule has 90 valence electrons. The molecule has 0 radical (unpaired) electrons. The van der Waals surface area contributed by atoms with E-state index in [1.807, 2.05) is 17.9 Å². The van der Waals surface area contributed by atoms with Crippen LogP contribution < -0.4 is 5.32 Å². The molecule has 1 aromatic rings. The third kappa shape index (κ3) is 3.06. The highest BCUT2D eigenvalue weighted by Crippen LogP contribution is 2.48. The van der Waals surface area contributed by atoms with Gasteiger partial charge < -0.3 is 10.1 Å². The molecule has 0 saturated heterocycles. The molecule has 1 saturated carbocycles. The first-order chi connectivity index (χ1) is 7.74. The summed E-state index contributed by atoms with van der Waals surface area (Å²) in [4.78, 5) is 0. The number of rotatable bonds is 7. The number of hydrogen-bond acceptors (Lipinski definition) is 3. The first-order valence-corrected chi connectivity index (χ1v) is 5.91. The standard InChI is InChI=1S/C12H21N3O/c1-15-9-11(8-14-15)7-13-10-12(3-4-12)5-6-16-2/h8-9,13H,3-7,10H2,1-2H3. The monoisotopic (exact) mass is 223 g/mol. The second kappa shape index (κ2) is 4.97. The molecular formula is C12H21N3O. The minimum absolute atomic E-state index is 0.526. The molecule has 1 aliphatic carbocycles. The summed E-state index contributed by atoms with van der Waals surface area (Å²) < 4.78 is 6.99. The fourth-order valence-electron chi connectivity index (χ4n) is 2.05. The van der Waals surface area contributed by atoms with Crippen LogP contribution in [0.3, 0.4) is 0 Å². The molecule has 16 heavy (non-hydrogen) atoms. The molecule has 1 N–H and O–H groups in total. The molecule has 2 rings (SSSR count). The van der Waals surface area contributed by atoms with Gasteiger partial charge in [-0.1, -0.05) is 0 Å². The average Bonchev–Trinajstić information content (AvgIpc) is 2.92. The van der Waals surface area contributed by atoms with E-state index in [9.17, 15) is 0 Å². The van der Waals surface area contributed by atoms with Crippen LogP contribution >= 0.6 is 0 Å². The molecule has 0 aromatic carbocycles. The number of nitrogens with zero attached hydrogens (tertiary/aromatic N) is 2. The van der Waals surface area contributed by atoms with Crippen molar-refractivity contribution in [1.82, 2.24) is 15.1 Å². The number of methoxy groups -OCH3 is 1. The maximum Gasteiger partial charge on any atom is 0.0534 e. The van der Waals surface area contributed by atoms with Gasteiger partial charge in [0, 0.05) is 45.6 Å². The molecule has 0 atom stereocenters. The van der Waals surface area contributed by atoms with Crippen LogP contribution in [0.1, 0.15) is 24.8 Å². The highest BCUT2D eigenvalue weighted by atomic mass is 16.5. The molecule has 0 unspecified atom stereocenters. The largest absolute Gasteiger partial charge is 0.385 e. The molecule has 0 spiro atoms. The molecule has 0 amide bonds. The van der Waals surface area contributed by atoms with Crippen molar-refractivity contribution in [1.29, 1.82) is 0 Å². The van der Waals surface area contributed by atoms with E-state index in [1.54, 1.807) is 7.11 Å². The van der Waals surface area contributed by atoms with Gasteiger partial charge in [-0.25, -0.2) is 0 Å². The third-order valence-corrected chi connectivity index (χ3v) is 3.38. The summed E-state index contributed by atoms with van der Waals surface area (Å²) in [5, 5.41) is 7.67. The molecule has 1 aromatic heterocycles. The Morgan fingerprint density at radius 3 is 2.94 bits per heavy atom. The molecule has 4 nitrogen and oxygen atoms in total. The Kier molecular flexibility index (Phi) is 3.61. The number of hydrogen-bond donors (Lipinski definition) is 1. The number of nitrogens with one attached hydrogen (secondary N) is 1. The fourth-order valence-corrected chi connectivity index (χ4v) is 2.05. The van der Waals surface area contributed by atoms with E-state index in [0.717, 1.165) is 19.7 Å². The van der Waals surface area contributed by atoms with E-state index >= 15 is 0 Å². The summed E-state index contributed by atoms with van der Waals surface area (Å²) in [6.07, 6.45) is 7.85. The summed E-state index contributed by atoms with van der Waals surface area (Å²) in [5.41, 5.74) is 1.78. The van der Waals surface area contributed by atoms with Gasteiger partial charge in [-0.15, -0.1) is 0 Å². The van der Waals surface area contributed by atoms with Crippen molar-refractivity contribution >= 4 is 0 Å². The fraction of sp³-hybridized carbons (Fsp3) is 0.750. The number of ether oxygens (including phenoxy) is 1. The zero-order chi connectivity index (χ0) is 11.4. The SMILES string of the molecule is COCCC1(CNCc2cnn(C)c2)CC1. The van der Waals surface area contributed by atoms with Crippen molar-refractivity contribution in [2.75, 3.05) is 20.3 Å². The van der Waals surface area contributed by atoms with Crippen LogP contribution in [0, 0.1) is 5.41 Å². The van der Waals surface area contributed by atoms with Gasteiger partial charge in [0.2, 0.25) is 0 Å². The lowest BCUT2D eigenvalue weighted by molar-refractivity contribution is 0.171. The van der Waals surface area contributed by atoms with E-state index < -0.39 is 0 Å². The lowest BCUT2D eigenvalue weighted by atomic mass is 10.0. The number of aryl methyl sites for hydroxylation is 1. The summed E-state index contributed by atoms with van der Waals surface area (Å²) in [6.45, 7) is 2.91. The molecule has 0 bridgehead atoms. The maximum atomic E-state index is 5.14. The second-order valence-corrected chi connectivity index (χ2v) is 4.87. The van der Waals surface area contributed by atoms with Crippen LogP contribution in [0.15, 0.2) is 12.4 Å². The van der Waals surface area contributed by atoms with Crippen LogP contribution in [-0.2, 0) is 18.3 Å².